The summed E-state index contributed by atoms with van der Waals surface area (Å²) in [4.78, 5) is 10.9. The number of hydrogen-bond acceptors (Lipinski definition) is 5. The van der Waals surface area contributed by atoms with Gasteiger partial charge in [0.05, 0.1) is 0 Å². The molecule has 108 valence electrons. The molecule has 1 rings (SSSR count). The number of nitrogen functional groups attached to an aromatic ring is 1. The first-order valence-electron chi connectivity index (χ1n) is 7.09. The predicted molar refractivity (Wildman–Crippen MR) is 82.5 cm³/mol. The van der Waals surface area contributed by atoms with Gasteiger partial charge in [-0.25, -0.2) is 0 Å². The zero-order chi connectivity index (χ0) is 14.4. The third-order valence-electron chi connectivity index (χ3n) is 2.77. The third kappa shape index (κ3) is 4.93. The van der Waals surface area contributed by atoms with Gasteiger partial charge in [-0.15, -0.1) is 0 Å². The smallest absolute Gasteiger partial charge is 0.223 e. The van der Waals surface area contributed by atoms with Crippen LogP contribution in [0.3, 0.4) is 0 Å². The molecule has 0 fully saturated rings. The van der Waals surface area contributed by atoms with Crippen LogP contribution in [-0.4, -0.2) is 29.1 Å². The second-order valence-electron chi connectivity index (χ2n) is 5.54. The quantitative estimate of drug-likeness (QED) is 0.793. The maximum absolute atomic E-state index is 5.81. The summed E-state index contributed by atoms with van der Waals surface area (Å²) >= 11 is 0. The average Bonchev–Trinajstić information content (AvgIpc) is 2.32. The molecule has 0 spiro atoms. The first-order valence-corrected chi connectivity index (χ1v) is 7.09. The van der Waals surface area contributed by atoms with Crippen molar-refractivity contribution >= 4 is 17.6 Å². The Balaban J connectivity index is 2.98. The van der Waals surface area contributed by atoms with Crippen LogP contribution in [0, 0.1) is 5.92 Å². The monoisotopic (exact) mass is 265 g/mol. The van der Waals surface area contributed by atoms with Gasteiger partial charge in [0.15, 0.2) is 0 Å². The molecule has 1 aromatic heterocycles. The van der Waals surface area contributed by atoms with Crippen LogP contribution in [0.2, 0.25) is 0 Å². The fourth-order valence-corrected chi connectivity index (χ4v) is 1.91. The van der Waals surface area contributed by atoms with Gasteiger partial charge < -0.3 is 16.0 Å². The molecule has 0 amide bonds. The highest BCUT2D eigenvalue weighted by Crippen LogP contribution is 2.20. The fraction of sp³-hybridized carbons (Fsp3) is 0.714. The summed E-state index contributed by atoms with van der Waals surface area (Å²) in [5.74, 6) is 2.60. The molecule has 0 atom stereocenters. The molecule has 0 aliphatic carbocycles. The summed E-state index contributed by atoms with van der Waals surface area (Å²) < 4.78 is 0. The lowest BCUT2D eigenvalue weighted by Gasteiger charge is -2.29. The van der Waals surface area contributed by atoms with E-state index < -0.39 is 0 Å². The maximum atomic E-state index is 5.81. The van der Waals surface area contributed by atoms with Gasteiger partial charge in [0.25, 0.3) is 0 Å². The van der Waals surface area contributed by atoms with Gasteiger partial charge in [0.1, 0.15) is 11.6 Å². The van der Waals surface area contributed by atoms with Crippen LogP contribution in [0.25, 0.3) is 0 Å². The average molecular weight is 265 g/mol. The Bertz CT molecular complexity index is 389. The first-order chi connectivity index (χ1) is 8.93. The van der Waals surface area contributed by atoms with Crippen molar-refractivity contribution in [1.29, 1.82) is 0 Å². The molecule has 1 heterocycles. The van der Waals surface area contributed by atoms with Crippen LogP contribution in [0.4, 0.5) is 17.6 Å². The van der Waals surface area contributed by atoms with Crippen molar-refractivity contribution < 1.29 is 0 Å². The summed E-state index contributed by atoms with van der Waals surface area (Å²) in [7, 11) is 0. The number of nitrogens with two attached hydrogens (primary N) is 1. The van der Waals surface area contributed by atoms with Gasteiger partial charge in [-0.2, -0.15) is 9.97 Å². The summed E-state index contributed by atoms with van der Waals surface area (Å²) in [5.41, 5.74) is 5.81. The van der Waals surface area contributed by atoms with E-state index in [1.165, 1.54) is 0 Å². The first kappa shape index (κ1) is 15.5. The minimum atomic E-state index is 0.325. The van der Waals surface area contributed by atoms with Gasteiger partial charge in [0.2, 0.25) is 5.95 Å². The van der Waals surface area contributed by atoms with Crippen LogP contribution in [0.15, 0.2) is 6.07 Å². The molecule has 0 aliphatic heterocycles. The third-order valence-corrected chi connectivity index (χ3v) is 2.77. The van der Waals surface area contributed by atoms with Crippen LogP contribution in [-0.2, 0) is 0 Å². The molecule has 0 aliphatic rings. The van der Waals surface area contributed by atoms with E-state index in [1.807, 2.05) is 6.07 Å². The minimum absolute atomic E-state index is 0.325. The van der Waals surface area contributed by atoms with E-state index in [4.69, 9.17) is 5.73 Å². The minimum Gasteiger partial charge on any atom is -0.370 e. The zero-order valence-corrected chi connectivity index (χ0v) is 12.8. The van der Waals surface area contributed by atoms with Gasteiger partial charge in [-0.05, 0) is 26.2 Å². The van der Waals surface area contributed by atoms with Crippen LogP contribution >= 0.6 is 0 Å². The molecule has 19 heavy (non-hydrogen) atoms. The molecule has 0 radical (unpaired) electrons. The number of nitrogens with one attached hydrogen (secondary N) is 1. The Morgan fingerprint density at radius 3 is 2.47 bits per heavy atom. The van der Waals surface area contributed by atoms with E-state index >= 15 is 0 Å². The highest BCUT2D eigenvalue weighted by molar-refractivity contribution is 5.53. The van der Waals surface area contributed by atoms with Crippen molar-refractivity contribution in [2.24, 2.45) is 5.92 Å². The molecule has 0 unspecified atom stereocenters. The van der Waals surface area contributed by atoms with E-state index in [1.54, 1.807) is 0 Å². The van der Waals surface area contributed by atoms with Crippen molar-refractivity contribution in [3.8, 4) is 0 Å². The molecule has 0 saturated heterocycles. The molecule has 3 N–H and O–H groups in total. The Labute approximate surface area is 116 Å². The van der Waals surface area contributed by atoms with Crippen LogP contribution in [0.1, 0.15) is 41.0 Å². The number of anilines is 3. The molecule has 1 aromatic rings. The fourth-order valence-electron chi connectivity index (χ4n) is 1.91. The molecular weight excluding hydrogens is 238 g/mol. The standard InChI is InChI=1S/C14H27N5/c1-6-7-16-12-8-13(18-14(15)17-12)19(11(4)5)9-10(2)3/h8,10-11H,6-7,9H2,1-5H3,(H3,15,16,17,18). The van der Waals surface area contributed by atoms with Gasteiger partial charge >= 0.3 is 0 Å². The molecule has 0 aromatic carbocycles. The van der Waals surface area contributed by atoms with Crippen molar-refractivity contribution in [2.45, 2.75) is 47.1 Å². The van der Waals surface area contributed by atoms with Crippen molar-refractivity contribution in [2.75, 3.05) is 29.0 Å². The second-order valence-corrected chi connectivity index (χ2v) is 5.54. The summed E-state index contributed by atoms with van der Waals surface area (Å²) in [6.45, 7) is 12.7. The Kier molecular flexibility index (Phi) is 5.86. The van der Waals surface area contributed by atoms with Crippen LogP contribution < -0.4 is 16.0 Å². The van der Waals surface area contributed by atoms with Crippen LogP contribution in [0.5, 0.6) is 0 Å². The normalized spacial score (nSPS) is 11.1. The molecule has 0 bridgehead atoms. The highest BCUT2D eigenvalue weighted by atomic mass is 15.2. The molecule has 0 saturated carbocycles. The Hall–Kier alpha value is -1.52. The van der Waals surface area contributed by atoms with E-state index in [-0.39, 0.29) is 0 Å². The highest BCUT2D eigenvalue weighted by Gasteiger charge is 2.15. The van der Waals surface area contributed by atoms with Crippen molar-refractivity contribution in [3.05, 3.63) is 6.07 Å². The maximum Gasteiger partial charge on any atom is 0.223 e. The summed E-state index contributed by atoms with van der Waals surface area (Å²) in [5, 5.41) is 3.26. The van der Waals surface area contributed by atoms with E-state index in [0.29, 0.717) is 17.9 Å². The van der Waals surface area contributed by atoms with Gasteiger partial charge in [0, 0.05) is 25.2 Å². The zero-order valence-electron chi connectivity index (χ0n) is 12.8. The summed E-state index contributed by atoms with van der Waals surface area (Å²) in [6.07, 6.45) is 1.05. The van der Waals surface area contributed by atoms with E-state index in [9.17, 15) is 0 Å². The van der Waals surface area contributed by atoms with E-state index in [0.717, 1.165) is 31.1 Å². The number of hydrogen-bond donors (Lipinski definition) is 2. The lowest BCUT2D eigenvalue weighted by Crippen LogP contribution is -2.35. The lowest BCUT2D eigenvalue weighted by molar-refractivity contribution is 0.566. The topological polar surface area (TPSA) is 67.1 Å². The molecule has 5 heteroatoms. The second kappa shape index (κ2) is 7.16. The lowest BCUT2D eigenvalue weighted by atomic mass is 10.2. The number of rotatable bonds is 7. The predicted octanol–water partition coefficient (Wildman–Crippen LogP) is 2.75. The largest absolute Gasteiger partial charge is 0.370 e. The van der Waals surface area contributed by atoms with Crippen molar-refractivity contribution in [3.63, 3.8) is 0 Å². The Morgan fingerprint density at radius 2 is 1.95 bits per heavy atom. The SMILES string of the molecule is CCCNc1cc(N(CC(C)C)C(C)C)nc(N)n1. The van der Waals surface area contributed by atoms with Gasteiger partial charge in [-0.3, -0.25) is 0 Å². The molecule has 5 nitrogen and oxygen atoms in total. The Morgan fingerprint density at radius 1 is 1.26 bits per heavy atom. The van der Waals surface area contributed by atoms with E-state index in [2.05, 4.69) is 54.8 Å². The summed E-state index contributed by atoms with van der Waals surface area (Å²) in [6, 6.07) is 2.37. The molecular formula is C14H27N5. The number of nitrogens with zero attached hydrogens (tertiary/aromatic N) is 3. The number of aromatic nitrogens is 2. The van der Waals surface area contributed by atoms with Gasteiger partial charge in [-0.1, -0.05) is 20.8 Å². The van der Waals surface area contributed by atoms with Crippen molar-refractivity contribution in [1.82, 2.24) is 9.97 Å².